The van der Waals surface area contributed by atoms with Crippen LogP contribution in [0.15, 0.2) is 12.1 Å². The van der Waals surface area contributed by atoms with E-state index in [1.807, 2.05) is 13.8 Å². The van der Waals surface area contributed by atoms with Crippen LogP contribution in [0, 0.1) is 0 Å². The Balaban J connectivity index is 3.42. The lowest BCUT2D eigenvalue weighted by atomic mass is 9.94. The first-order chi connectivity index (χ1) is 6.90. The second-order valence-electron chi connectivity index (χ2n) is 3.91. The number of hydrogen-bond acceptors (Lipinski definition) is 3. The summed E-state index contributed by atoms with van der Waals surface area (Å²) in [4.78, 5) is 0. The van der Waals surface area contributed by atoms with E-state index in [0.717, 1.165) is 5.56 Å². The fourth-order valence-electron chi connectivity index (χ4n) is 1.41. The molecule has 1 rings (SSSR count). The molecule has 4 heteroatoms. The van der Waals surface area contributed by atoms with Gasteiger partial charge in [-0.3, -0.25) is 0 Å². The first-order valence-corrected chi connectivity index (χ1v) is 4.99. The number of benzene rings is 1. The molecular formula is C11H16ClNO2. The molecule has 3 nitrogen and oxygen atoms in total. The Kier molecular flexibility index (Phi) is 3.47. The zero-order chi connectivity index (χ0) is 11.6. The van der Waals surface area contributed by atoms with Gasteiger partial charge in [-0.15, -0.1) is 0 Å². The van der Waals surface area contributed by atoms with Crippen LogP contribution in [0.25, 0.3) is 0 Å². The van der Waals surface area contributed by atoms with Crippen molar-refractivity contribution in [1.29, 1.82) is 0 Å². The van der Waals surface area contributed by atoms with Gasteiger partial charge in [-0.05, 0) is 19.9 Å². The maximum atomic E-state index is 6.03. The second kappa shape index (κ2) is 4.29. The van der Waals surface area contributed by atoms with E-state index in [-0.39, 0.29) is 0 Å². The molecule has 0 amide bonds. The number of rotatable bonds is 3. The van der Waals surface area contributed by atoms with Crippen molar-refractivity contribution in [2.45, 2.75) is 19.4 Å². The summed E-state index contributed by atoms with van der Waals surface area (Å²) in [5, 5.41) is 0.584. The van der Waals surface area contributed by atoms with Gasteiger partial charge < -0.3 is 15.2 Å². The van der Waals surface area contributed by atoms with Crippen molar-refractivity contribution in [3.63, 3.8) is 0 Å². The molecule has 1 aromatic carbocycles. The van der Waals surface area contributed by atoms with Gasteiger partial charge in [0.1, 0.15) is 0 Å². The molecule has 0 heterocycles. The van der Waals surface area contributed by atoms with E-state index in [1.165, 1.54) is 0 Å². The van der Waals surface area contributed by atoms with Crippen LogP contribution in [0.2, 0.25) is 5.02 Å². The summed E-state index contributed by atoms with van der Waals surface area (Å²) in [6.45, 7) is 3.78. The number of hydrogen-bond donors (Lipinski definition) is 1. The van der Waals surface area contributed by atoms with Gasteiger partial charge in [-0.1, -0.05) is 11.6 Å². The van der Waals surface area contributed by atoms with E-state index in [4.69, 9.17) is 26.8 Å². The monoisotopic (exact) mass is 229 g/mol. The zero-order valence-corrected chi connectivity index (χ0v) is 10.2. The lowest BCUT2D eigenvalue weighted by molar-refractivity contribution is 0.344. The highest BCUT2D eigenvalue weighted by Gasteiger charge is 2.23. The Hall–Kier alpha value is -0.930. The summed E-state index contributed by atoms with van der Waals surface area (Å²) in [6.07, 6.45) is 0. The van der Waals surface area contributed by atoms with Crippen molar-refractivity contribution in [3.8, 4) is 11.5 Å². The summed E-state index contributed by atoms with van der Waals surface area (Å²) >= 11 is 5.97. The van der Waals surface area contributed by atoms with Crippen molar-refractivity contribution in [3.05, 3.63) is 22.7 Å². The lowest BCUT2D eigenvalue weighted by Gasteiger charge is -2.23. The lowest BCUT2D eigenvalue weighted by Crippen LogP contribution is -2.29. The minimum Gasteiger partial charge on any atom is -0.493 e. The standard InChI is InChI=1S/C11H16ClNO2/c1-11(2,13)8-5-7(12)6-9(14-3)10(8)15-4/h5-6H,13H2,1-4H3. The van der Waals surface area contributed by atoms with Crippen LogP contribution in [0.5, 0.6) is 11.5 Å². The van der Waals surface area contributed by atoms with Crippen molar-refractivity contribution < 1.29 is 9.47 Å². The molecule has 0 saturated carbocycles. The summed E-state index contributed by atoms with van der Waals surface area (Å²) in [5.41, 5.74) is 6.34. The molecule has 0 radical (unpaired) electrons. The van der Waals surface area contributed by atoms with Crippen LogP contribution < -0.4 is 15.2 Å². The van der Waals surface area contributed by atoms with Crippen molar-refractivity contribution in [2.24, 2.45) is 5.73 Å². The highest BCUT2D eigenvalue weighted by Crippen LogP contribution is 2.38. The number of halogens is 1. The van der Waals surface area contributed by atoms with Crippen LogP contribution in [-0.4, -0.2) is 14.2 Å². The molecule has 0 spiro atoms. The molecule has 0 unspecified atom stereocenters. The molecule has 0 fully saturated rings. The summed E-state index contributed by atoms with van der Waals surface area (Å²) in [5.74, 6) is 1.23. The maximum absolute atomic E-state index is 6.03. The van der Waals surface area contributed by atoms with Crippen molar-refractivity contribution in [2.75, 3.05) is 14.2 Å². The van der Waals surface area contributed by atoms with Crippen molar-refractivity contribution in [1.82, 2.24) is 0 Å². The topological polar surface area (TPSA) is 44.5 Å². The van der Waals surface area contributed by atoms with E-state index in [2.05, 4.69) is 0 Å². The molecule has 0 aromatic heterocycles. The third-order valence-corrected chi connectivity index (χ3v) is 2.36. The molecular weight excluding hydrogens is 214 g/mol. The van der Waals surface area contributed by atoms with Gasteiger partial charge >= 0.3 is 0 Å². The van der Waals surface area contributed by atoms with Gasteiger partial charge in [0, 0.05) is 22.2 Å². The molecule has 84 valence electrons. The number of methoxy groups -OCH3 is 2. The van der Waals surface area contributed by atoms with Crippen LogP contribution >= 0.6 is 11.6 Å². The minimum atomic E-state index is -0.524. The average molecular weight is 230 g/mol. The summed E-state index contributed by atoms with van der Waals surface area (Å²) < 4.78 is 10.5. The fraction of sp³-hybridized carbons (Fsp3) is 0.455. The van der Waals surface area contributed by atoms with E-state index in [1.54, 1.807) is 26.4 Å². The highest BCUT2D eigenvalue weighted by molar-refractivity contribution is 6.30. The molecule has 15 heavy (non-hydrogen) atoms. The van der Waals surface area contributed by atoms with Crippen LogP contribution in [0.1, 0.15) is 19.4 Å². The SMILES string of the molecule is COc1cc(Cl)cc(C(C)(C)N)c1OC. The Morgan fingerprint density at radius 1 is 1.20 bits per heavy atom. The van der Waals surface area contributed by atoms with Crippen LogP contribution in [-0.2, 0) is 5.54 Å². The molecule has 0 aliphatic rings. The third-order valence-electron chi connectivity index (χ3n) is 2.14. The molecule has 0 saturated heterocycles. The molecule has 2 N–H and O–H groups in total. The summed E-state index contributed by atoms with van der Waals surface area (Å²) in [6, 6.07) is 3.50. The van der Waals surface area contributed by atoms with Crippen LogP contribution in [0.4, 0.5) is 0 Å². The molecule has 0 aliphatic carbocycles. The minimum absolute atomic E-state index is 0.524. The number of nitrogens with two attached hydrogens (primary N) is 1. The second-order valence-corrected chi connectivity index (χ2v) is 4.35. The Bertz CT molecular complexity index is 358. The first kappa shape index (κ1) is 12.1. The van der Waals surface area contributed by atoms with Crippen molar-refractivity contribution >= 4 is 11.6 Å². The van der Waals surface area contributed by atoms with Gasteiger partial charge in [0.05, 0.1) is 14.2 Å². The Morgan fingerprint density at radius 3 is 2.20 bits per heavy atom. The molecule has 1 aromatic rings. The quantitative estimate of drug-likeness (QED) is 0.867. The van der Waals surface area contributed by atoms with Gasteiger partial charge in [0.15, 0.2) is 11.5 Å². The van der Waals surface area contributed by atoms with Gasteiger partial charge in [-0.25, -0.2) is 0 Å². The predicted octanol–water partition coefficient (Wildman–Crippen LogP) is 2.55. The Labute approximate surface area is 95.1 Å². The average Bonchev–Trinajstić information content (AvgIpc) is 2.15. The highest BCUT2D eigenvalue weighted by atomic mass is 35.5. The zero-order valence-electron chi connectivity index (χ0n) is 9.43. The van der Waals surface area contributed by atoms with E-state index < -0.39 is 5.54 Å². The summed E-state index contributed by atoms with van der Waals surface area (Å²) in [7, 11) is 3.16. The molecule has 0 atom stereocenters. The smallest absolute Gasteiger partial charge is 0.165 e. The fourth-order valence-corrected chi connectivity index (χ4v) is 1.62. The number of ether oxygens (including phenoxy) is 2. The van der Waals surface area contributed by atoms with E-state index in [0.29, 0.717) is 16.5 Å². The van der Waals surface area contributed by atoms with Gasteiger partial charge in [-0.2, -0.15) is 0 Å². The van der Waals surface area contributed by atoms with Gasteiger partial charge in [0.2, 0.25) is 0 Å². The van der Waals surface area contributed by atoms with Crippen LogP contribution in [0.3, 0.4) is 0 Å². The molecule has 0 bridgehead atoms. The Morgan fingerprint density at radius 2 is 1.80 bits per heavy atom. The van der Waals surface area contributed by atoms with E-state index in [9.17, 15) is 0 Å². The largest absolute Gasteiger partial charge is 0.493 e. The molecule has 0 aliphatic heterocycles. The third kappa shape index (κ3) is 2.55. The maximum Gasteiger partial charge on any atom is 0.165 e. The van der Waals surface area contributed by atoms with Gasteiger partial charge in [0.25, 0.3) is 0 Å². The first-order valence-electron chi connectivity index (χ1n) is 4.61. The predicted molar refractivity (Wildman–Crippen MR) is 61.8 cm³/mol. The van der Waals surface area contributed by atoms with E-state index >= 15 is 0 Å². The normalized spacial score (nSPS) is 11.3.